The van der Waals surface area contributed by atoms with Crippen molar-refractivity contribution in [2.45, 2.75) is 71.6 Å². The molecule has 0 aromatic heterocycles. The van der Waals surface area contributed by atoms with Gasteiger partial charge in [0.15, 0.2) is 11.6 Å². The normalized spacial score (nSPS) is 13.7. The summed E-state index contributed by atoms with van der Waals surface area (Å²) in [5.41, 5.74) is 1.92. The number of halogens is 1. The Kier molecular flexibility index (Phi) is 13.0. The van der Waals surface area contributed by atoms with Crippen molar-refractivity contribution in [2.24, 2.45) is 0 Å². The van der Waals surface area contributed by atoms with E-state index in [0.29, 0.717) is 16.7 Å². The Bertz CT molecular complexity index is 1200. The summed E-state index contributed by atoms with van der Waals surface area (Å²) in [6.45, 7) is 3.52. The van der Waals surface area contributed by atoms with Crippen LogP contribution in [0.5, 0.6) is 0 Å². The summed E-state index contributed by atoms with van der Waals surface area (Å²) in [6.07, 6.45) is 13.0. The monoisotopic (exact) mass is 664 g/mol. The van der Waals surface area contributed by atoms with Gasteiger partial charge in [-0.25, -0.2) is 0 Å². The van der Waals surface area contributed by atoms with Crippen molar-refractivity contribution in [3.05, 3.63) is 114 Å². The molecule has 3 aromatic carbocycles. The minimum Gasteiger partial charge on any atom is -1.00 e. The molecule has 0 unspecified atom stereocenters. The fraction of sp³-hybridized carbons (Fsp3) is 0.333. The average Bonchev–Trinajstić information content (AvgIpc) is 2.99. The largest absolute Gasteiger partial charge is 1.00 e. The van der Waals surface area contributed by atoms with Gasteiger partial charge in [0.05, 0.1) is 6.16 Å². The SMILES string of the molecule is CC1=C(C)C(=O)C(CCCCCCCCCC[P+](c2ccccc2)(c2ccccc2)c2ccccc2)=CC1=O.[I-]. The Morgan fingerprint density at radius 3 is 1.38 bits per heavy atom. The van der Waals surface area contributed by atoms with Crippen molar-refractivity contribution in [2.75, 3.05) is 6.16 Å². The topological polar surface area (TPSA) is 34.1 Å². The van der Waals surface area contributed by atoms with E-state index in [4.69, 9.17) is 0 Å². The zero-order valence-corrected chi connectivity index (χ0v) is 27.0. The van der Waals surface area contributed by atoms with E-state index in [1.54, 1.807) is 19.9 Å². The number of hydrogen-bond acceptors (Lipinski definition) is 2. The molecule has 0 fully saturated rings. The van der Waals surface area contributed by atoms with Crippen molar-refractivity contribution in [1.29, 1.82) is 0 Å². The number of benzene rings is 3. The van der Waals surface area contributed by atoms with Crippen LogP contribution < -0.4 is 39.9 Å². The van der Waals surface area contributed by atoms with E-state index in [1.165, 1.54) is 60.6 Å². The molecular weight excluding hydrogens is 622 g/mol. The molecule has 3 aromatic rings. The van der Waals surface area contributed by atoms with Crippen LogP contribution in [0.1, 0.15) is 71.6 Å². The second-order valence-electron chi connectivity index (χ2n) is 10.7. The third-order valence-electron chi connectivity index (χ3n) is 8.15. The molecule has 0 aliphatic heterocycles. The lowest BCUT2D eigenvalue weighted by Gasteiger charge is -2.27. The van der Waals surface area contributed by atoms with E-state index < -0.39 is 7.26 Å². The highest BCUT2D eigenvalue weighted by atomic mass is 127. The second kappa shape index (κ2) is 16.2. The molecule has 4 heteroatoms. The Morgan fingerprint density at radius 2 is 0.925 bits per heavy atom. The predicted octanol–water partition coefficient (Wildman–Crippen LogP) is 4.91. The van der Waals surface area contributed by atoms with Gasteiger partial charge in [0.25, 0.3) is 0 Å². The van der Waals surface area contributed by atoms with Crippen molar-refractivity contribution >= 4 is 34.7 Å². The Labute approximate surface area is 258 Å². The molecule has 0 radical (unpaired) electrons. The van der Waals surface area contributed by atoms with Gasteiger partial charge in [0.1, 0.15) is 23.2 Å². The molecule has 40 heavy (non-hydrogen) atoms. The summed E-state index contributed by atoms with van der Waals surface area (Å²) in [5, 5.41) is 4.41. The second-order valence-corrected chi connectivity index (χ2v) is 14.3. The maximum atomic E-state index is 12.4. The summed E-state index contributed by atoms with van der Waals surface area (Å²) < 4.78 is 0. The average molecular weight is 665 g/mol. The molecule has 0 N–H and O–H groups in total. The third-order valence-corrected chi connectivity index (χ3v) is 12.7. The van der Waals surface area contributed by atoms with E-state index in [2.05, 4.69) is 91.0 Å². The summed E-state index contributed by atoms with van der Waals surface area (Å²) in [7, 11) is -1.72. The minimum absolute atomic E-state index is 0. The van der Waals surface area contributed by atoms with E-state index in [1.807, 2.05) is 0 Å². The summed E-state index contributed by atoms with van der Waals surface area (Å²) >= 11 is 0. The number of carbonyl (C=O) groups excluding carboxylic acids is 2. The first kappa shape index (κ1) is 32.2. The molecule has 0 amide bonds. The zero-order chi connectivity index (χ0) is 27.5. The quantitative estimate of drug-likeness (QED) is 0.106. The first-order valence-corrected chi connectivity index (χ1v) is 16.5. The number of hydrogen-bond donors (Lipinski definition) is 0. The maximum absolute atomic E-state index is 12.4. The number of Topliss-reactive ketones (excluding diaryl/α,β-unsaturated/α-hetero) is 1. The van der Waals surface area contributed by atoms with E-state index >= 15 is 0 Å². The molecular formula is C36H42IO2P. The fourth-order valence-corrected chi connectivity index (χ4v) is 10.1. The van der Waals surface area contributed by atoms with E-state index in [0.717, 1.165) is 19.3 Å². The summed E-state index contributed by atoms with van der Waals surface area (Å²) in [6, 6.07) is 33.5. The van der Waals surface area contributed by atoms with Crippen LogP contribution in [0, 0.1) is 0 Å². The van der Waals surface area contributed by atoms with Gasteiger partial charge in [-0.3, -0.25) is 9.59 Å². The van der Waals surface area contributed by atoms with Gasteiger partial charge in [0.2, 0.25) is 0 Å². The highest BCUT2D eigenvalue weighted by Gasteiger charge is 2.44. The van der Waals surface area contributed by atoms with E-state index in [-0.39, 0.29) is 35.5 Å². The third kappa shape index (κ3) is 7.89. The maximum Gasteiger partial charge on any atom is 0.185 e. The van der Waals surface area contributed by atoms with Crippen LogP contribution in [0.25, 0.3) is 0 Å². The van der Waals surface area contributed by atoms with Crippen LogP contribution in [0.15, 0.2) is 114 Å². The predicted molar refractivity (Wildman–Crippen MR) is 168 cm³/mol. The Hall–Kier alpha value is -2.36. The van der Waals surface area contributed by atoms with Crippen molar-refractivity contribution in [1.82, 2.24) is 0 Å². The zero-order valence-electron chi connectivity index (χ0n) is 24.0. The highest BCUT2D eigenvalue weighted by molar-refractivity contribution is 7.95. The van der Waals surface area contributed by atoms with Crippen molar-refractivity contribution in [3.63, 3.8) is 0 Å². The smallest absolute Gasteiger partial charge is 0.185 e. The van der Waals surface area contributed by atoms with Gasteiger partial charge >= 0.3 is 0 Å². The van der Waals surface area contributed by atoms with Crippen LogP contribution >= 0.6 is 7.26 Å². The van der Waals surface area contributed by atoms with Gasteiger partial charge < -0.3 is 24.0 Å². The molecule has 0 spiro atoms. The van der Waals surface area contributed by atoms with Crippen molar-refractivity contribution in [3.8, 4) is 0 Å². The highest BCUT2D eigenvalue weighted by Crippen LogP contribution is 2.56. The molecule has 0 atom stereocenters. The lowest BCUT2D eigenvalue weighted by Crippen LogP contribution is -3.00. The summed E-state index contributed by atoms with van der Waals surface area (Å²) in [5.74, 6) is 0.0629. The van der Waals surface area contributed by atoms with Gasteiger partial charge in [-0.15, -0.1) is 0 Å². The van der Waals surface area contributed by atoms with Crippen LogP contribution in [0.2, 0.25) is 0 Å². The number of allylic oxidation sites excluding steroid dienone is 4. The van der Waals surface area contributed by atoms with Gasteiger partial charge in [-0.1, -0.05) is 86.7 Å². The Balaban J connectivity index is 0.00000441. The number of carbonyl (C=O) groups is 2. The number of ketones is 2. The molecule has 4 rings (SSSR count). The lowest BCUT2D eigenvalue weighted by atomic mass is 9.88. The van der Waals surface area contributed by atoms with Gasteiger partial charge in [-0.2, -0.15) is 0 Å². The molecule has 0 heterocycles. The van der Waals surface area contributed by atoms with Crippen LogP contribution in [-0.4, -0.2) is 17.7 Å². The standard InChI is InChI=1S/C36H42O2P.HI/c1-29-30(2)36(38)31(28-35(29)37)20-12-7-5-3-4-6-8-19-27-39(32-21-13-9-14-22-32,33-23-15-10-16-24-33)34-25-17-11-18-26-34;/h9-11,13-18,21-26,28H,3-8,12,19-20,27H2,1-2H3;1H/q+1;/p-1. The van der Waals surface area contributed by atoms with Crippen LogP contribution in [0.3, 0.4) is 0 Å². The van der Waals surface area contributed by atoms with Crippen LogP contribution in [-0.2, 0) is 9.59 Å². The molecule has 0 bridgehead atoms. The molecule has 1 aliphatic rings. The number of rotatable bonds is 14. The number of unbranched alkanes of at least 4 members (excludes halogenated alkanes) is 7. The molecule has 1 aliphatic carbocycles. The van der Waals surface area contributed by atoms with Crippen molar-refractivity contribution < 1.29 is 33.6 Å². The molecule has 0 saturated heterocycles. The summed E-state index contributed by atoms with van der Waals surface area (Å²) in [4.78, 5) is 24.5. The van der Waals surface area contributed by atoms with Gasteiger partial charge in [-0.05, 0) is 82.0 Å². The van der Waals surface area contributed by atoms with Gasteiger partial charge in [0, 0.05) is 16.7 Å². The first-order chi connectivity index (χ1) is 19.0. The molecule has 210 valence electrons. The van der Waals surface area contributed by atoms with Crippen LogP contribution in [0.4, 0.5) is 0 Å². The molecule has 0 saturated carbocycles. The molecule has 2 nitrogen and oxygen atoms in total. The fourth-order valence-electron chi connectivity index (χ4n) is 5.72. The lowest BCUT2D eigenvalue weighted by molar-refractivity contribution is -0.116. The first-order valence-electron chi connectivity index (χ1n) is 14.6. The minimum atomic E-state index is -1.72. The Morgan fingerprint density at radius 1 is 0.525 bits per heavy atom. The van der Waals surface area contributed by atoms with E-state index in [9.17, 15) is 9.59 Å².